The Kier molecular flexibility index (Phi) is 4.37. The quantitative estimate of drug-likeness (QED) is 0.797. The van der Waals surface area contributed by atoms with Gasteiger partial charge in [0.2, 0.25) is 5.91 Å². The average Bonchev–Trinajstić information content (AvgIpc) is 3.06. The van der Waals surface area contributed by atoms with Crippen molar-refractivity contribution in [3.05, 3.63) is 34.9 Å². The lowest BCUT2D eigenvalue weighted by Crippen LogP contribution is -2.27. The summed E-state index contributed by atoms with van der Waals surface area (Å²) in [6, 6.07) is 6.09. The third-order valence-electron chi connectivity index (χ3n) is 4.70. The molecule has 0 atom stereocenters. The molecule has 3 rings (SSSR count). The number of fused-ring (bicyclic) bond motifs is 1. The summed E-state index contributed by atoms with van der Waals surface area (Å²) in [5.41, 5.74) is 3.51. The van der Waals surface area contributed by atoms with Crippen molar-refractivity contribution in [2.75, 3.05) is 13.1 Å². The van der Waals surface area contributed by atoms with Crippen LogP contribution < -0.4 is 0 Å². The molecule has 3 heteroatoms. The SMILES string of the molecule is O=C(CCC(=O)N1CCCC1)c1ccc2c(c1)CCCC2. The van der Waals surface area contributed by atoms with Crippen LogP contribution in [0.5, 0.6) is 0 Å². The third-order valence-corrected chi connectivity index (χ3v) is 4.70. The maximum Gasteiger partial charge on any atom is 0.223 e. The summed E-state index contributed by atoms with van der Waals surface area (Å²) in [6.07, 6.45) is 7.60. The number of benzene rings is 1. The summed E-state index contributed by atoms with van der Waals surface area (Å²) in [5, 5.41) is 0. The molecule has 1 fully saturated rings. The molecule has 0 N–H and O–H groups in total. The first-order valence-electron chi connectivity index (χ1n) is 8.17. The van der Waals surface area contributed by atoms with E-state index in [9.17, 15) is 9.59 Å². The molecule has 0 spiro atoms. The van der Waals surface area contributed by atoms with Gasteiger partial charge < -0.3 is 4.90 Å². The van der Waals surface area contributed by atoms with E-state index in [1.165, 1.54) is 24.0 Å². The molecule has 1 aliphatic carbocycles. The molecule has 1 saturated heterocycles. The van der Waals surface area contributed by atoms with Crippen molar-refractivity contribution >= 4 is 11.7 Å². The Morgan fingerprint density at radius 1 is 0.905 bits per heavy atom. The molecule has 1 aromatic rings. The van der Waals surface area contributed by atoms with Crippen LogP contribution in [-0.4, -0.2) is 29.7 Å². The van der Waals surface area contributed by atoms with E-state index in [1.54, 1.807) is 0 Å². The second-order valence-electron chi connectivity index (χ2n) is 6.20. The lowest BCUT2D eigenvalue weighted by molar-refractivity contribution is -0.130. The Bertz CT molecular complexity index is 544. The molecular formula is C18H23NO2. The van der Waals surface area contributed by atoms with Crippen LogP contribution in [0, 0.1) is 0 Å². The first-order chi connectivity index (χ1) is 10.2. The third kappa shape index (κ3) is 3.34. The molecule has 0 bridgehead atoms. The van der Waals surface area contributed by atoms with Gasteiger partial charge in [-0.25, -0.2) is 0 Å². The highest BCUT2D eigenvalue weighted by Gasteiger charge is 2.19. The Morgan fingerprint density at radius 3 is 2.38 bits per heavy atom. The van der Waals surface area contributed by atoms with Crippen molar-refractivity contribution in [3.8, 4) is 0 Å². The highest BCUT2D eigenvalue weighted by molar-refractivity contribution is 5.98. The van der Waals surface area contributed by atoms with Crippen LogP contribution in [0.15, 0.2) is 18.2 Å². The Morgan fingerprint density at radius 2 is 1.62 bits per heavy atom. The van der Waals surface area contributed by atoms with Crippen LogP contribution in [0.1, 0.15) is 60.0 Å². The molecule has 2 aliphatic rings. The molecule has 3 nitrogen and oxygen atoms in total. The molecule has 21 heavy (non-hydrogen) atoms. The van der Waals surface area contributed by atoms with Crippen molar-refractivity contribution in [1.82, 2.24) is 4.90 Å². The van der Waals surface area contributed by atoms with Crippen LogP contribution in [0.2, 0.25) is 0 Å². The first kappa shape index (κ1) is 14.3. The first-order valence-corrected chi connectivity index (χ1v) is 8.17. The maximum absolute atomic E-state index is 12.3. The molecular weight excluding hydrogens is 262 g/mol. The molecule has 112 valence electrons. The number of hydrogen-bond donors (Lipinski definition) is 0. The van der Waals surface area contributed by atoms with E-state index in [2.05, 4.69) is 12.1 Å². The van der Waals surface area contributed by atoms with Gasteiger partial charge in [0, 0.05) is 31.5 Å². The number of carbonyl (C=O) groups is 2. The summed E-state index contributed by atoms with van der Waals surface area (Å²) < 4.78 is 0. The Balaban J connectivity index is 1.58. The van der Waals surface area contributed by atoms with Gasteiger partial charge in [-0.15, -0.1) is 0 Å². The van der Waals surface area contributed by atoms with E-state index in [-0.39, 0.29) is 11.7 Å². The Labute approximate surface area is 126 Å². The van der Waals surface area contributed by atoms with Gasteiger partial charge in [-0.05, 0) is 55.7 Å². The van der Waals surface area contributed by atoms with Crippen LogP contribution in [0.25, 0.3) is 0 Å². The summed E-state index contributed by atoms with van der Waals surface area (Å²) in [5.74, 6) is 0.245. The largest absolute Gasteiger partial charge is 0.343 e. The summed E-state index contributed by atoms with van der Waals surface area (Å²) in [7, 11) is 0. The fraction of sp³-hybridized carbons (Fsp3) is 0.556. The number of likely N-dealkylation sites (tertiary alicyclic amines) is 1. The van der Waals surface area contributed by atoms with Crippen LogP contribution in [0.4, 0.5) is 0 Å². The van der Waals surface area contributed by atoms with Gasteiger partial charge in [-0.1, -0.05) is 12.1 Å². The monoisotopic (exact) mass is 285 g/mol. The minimum atomic E-state index is 0.107. The smallest absolute Gasteiger partial charge is 0.223 e. The summed E-state index contributed by atoms with van der Waals surface area (Å²) >= 11 is 0. The Hall–Kier alpha value is -1.64. The number of ketones is 1. The van der Waals surface area contributed by atoms with Gasteiger partial charge in [-0.2, -0.15) is 0 Å². The van der Waals surface area contributed by atoms with Crippen molar-refractivity contribution in [3.63, 3.8) is 0 Å². The molecule has 0 unspecified atom stereocenters. The van der Waals surface area contributed by atoms with Gasteiger partial charge in [0.25, 0.3) is 0 Å². The molecule has 1 aromatic carbocycles. The second kappa shape index (κ2) is 6.42. The van der Waals surface area contributed by atoms with Crippen LogP contribution in [-0.2, 0) is 17.6 Å². The standard InChI is InChI=1S/C18H23NO2/c20-17(9-10-18(21)19-11-3-4-12-19)16-8-7-14-5-1-2-6-15(14)13-16/h7-8,13H,1-6,9-12H2. The normalized spacial score (nSPS) is 17.6. The molecule has 1 aliphatic heterocycles. The number of amides is 1. The van der Waals surface area contributed by atoms with E-state index >= 15 is 0 Å². The molecule has 0 radical (unpaired) electrons. The second-order valence-corrected chi connectivity index (χ2v) is 6.20. The number of aryl methyl sites for hydroxylation is 2. The van der Waals surface area contributed by atoms with Crippen LogP contribution >= 0.6 is 0 Å². The van der Waals surface area contributed by atoms with Crippen molar-refractivity contribution in [2.45, 2.75) is 51.4 Å². The van der Waals surface area contributed by atoms with Gasteiger partial charge in [0.05, 0.1) is 0 Å². The zero-order valence-electron chi connectivity index (χ0n) is 12.6. The van der Waals surface area contributed by atoms with E-state index in [0.29, 0.717) is 12.8 Å². The van der Waals surface area contributed by atoms with Crippen molar-refractivity contribution in [1.29, 1.82) is 0 Å². The zero-order valence-corrected chi connectivity index (χ0v) is 12.6. The zero-order chi connectivity index (χ0) is 14.7. The molecule has 1 heterocycles. The van der Waals surface area contributed by atoms with E-state index < -0.39 is 0 Å². The summed E-state index contributed by atoms with van der Waals surface area (Å²) in [6.45, 7) is 1.73. The van der Waals surface area contributed by atoms with Crippen molar-refractivity contribution in [2.24, 2.45) is 0 Å². The van der Waals surface area contributed by atoms with Gasteiger partial charge in [0.15, 0.2) is 5.78 Å². The number of rotatable bonds is 4. The maximum atomic E-state index is 12.3. The predicted molar refractivity (Wildman–Crippen MR) is 82.5 cm³/mol. The fourth-order valence-electron chi connectivity index (χ4n) is 3.40. The molecule has 0 saturated carbocycles. The van der Waals surface area contributed by atoms with E-state index in [1.807, 2.05) is 11.0 Å². The number of nitrogens with zero attached hydrogens (tertiary/aromatic N) is 1. The highest BCUT2D eigenvalue weighted by Crippen LogP contribution is 2.23. The summed E-state index contributed by atoms with van der Waals surface area (Å²) in [4.78, 5) is 26.2. The predicted octanol–water partition coefficient (Wildman–Crippen LogP) is 3.15. The van der Waals surface area contributed by atoms with Gasteiger partial charge >= 0.3 is 0 Å². The molecule has 1 amide bonds. The highest BCUT2D eigenvalue weighted by atomic mass is 16.2. The number of carbonyl (C=O) groups excluding carboxylic acids is 2. The van der Waals surface area contributed by atoms with Gasteiger partial charge in [0.1, 0.15) is 0 Å². The molecule has 0 aromatic heterocycles. The number of Topliss-reactive ketones (excluding diaryl/α,β-unsaturated/α-hetero) is 1. The van der Waals surface area contributed by atoms with E-state index in [0.717, 1.165) is 44.3 Å². The number of hydrogen-bond acceptors (Lipinski definition) is 2. The minimum Gasteiger partial charge on any atom is -0.343 e. The van der Waals surface area contributed by atoms with E-state index in [4.69, 9.17) is 0 Å². The fourth-order valence-corrected chi connectivity index (χ4v) is 3.40. The lowest BCUT2D eigenvalue weighted by atomic mass is 9.89. The van der Waals surface area contributed by atoms with Gasteiger partial charge in [-0.3, -0.25) is 9.59 Å². The lowest BCUT2D eigenvalue weighted by Gasteiger charge is -2.17. The topological polar surface area (TPSA) is 37.4 Å². The minimum absolute atomic E-state index is 0.107. The van der Waals surface area contributed by atoms with Crippen LogP contribution in [0.3, 0.4) is 0 Å². The van der Waals surface area contributed by atoms with Crippen molar-refractivity contribution < 1.29 is 9.59 Å². The average molecular weight is 285 g/mol.